The van der Waals surface area contributed by atoms with E-state index < -0.39 is 5.91 Å². The number of anilines is 1. The SMILES string of the molecule is Cc1ccncc1CN(c1ccc2ncn(C)c2c1)C1CCN([C@H](C)CCc2ncccc2C(N)=O)CC1. The summed E-state index contributed by atoms with van der Waals surface area (Å²) in [7, 11) is 2.05. The van der Waals surface area contributed by atoms with Crippen LogP contribution in [-0.2, 0) is 20.0 Å². The number of nitrogens with two attached hydrogens (primary N) is 1. The molecule has 0 saturated carbocycles. The quantitative estimate of drug-likeness (QED) is 0.361. The van der Waals surface area contributed by atoms with E-state index in [-0.39, 0.29) is 0 Å². The number of amides is 1. The number of hydrogen-bond acceptors (Lipinski definition) is 6. The number of imidazole rings is 1. The van der Waals surface area contributed by atoms with E-state index in [2.05, 4.69) is 67.4 Å². The predicted molar refractivity (Wildman–Crippen MR) is 151 cm³/mol. The molecule has 1 aliphatic heterocycles. The first-order valence-electron chi connectivity index (χ1n) is 13.5. The van der Waals surface area contributed by atoms with Gasteiger partial charge in [-0.25, -0.2) is 4.98 Å². The van der Waals surface area contributed by atoms with Crippen molar-refractivity contribution in [3.8, 4) is 0 Å². The fourth-order valence-electron chi connectivity index (χ4n) is 5.60. The number of pyridine rings is 2. The van der Waals surface area contributed by atoms with Gasteiger partial charge in [-0.05, 0) is 87.1 Å². The Kier molecular flexibility index (Phi) is 7.69. The largest absolute Gasteiger partial charge is 0.366 e. The number of piperidine rings is 1. The molecule has 0 spiro atoms. The van der Waals surface area contributed by atoms with Gasteiger partial charge in [0.05, 0.1) is 28.6 Å². The number of carbonyl (C=O) groups is 1. The zero-order valence-corrected chi connectivity index (χ0v) is 22.5. The molecule has 0 aliphatic carbocycles. The highest BCUT2D eigenvalue weighted by Crippen LogP contribution is 2.30. The van der Waals surface area contributed by atoms with E-state index in [9.17, 15) is 4.79 Å². The first-order chi connectivity index (χ1) is 18.4. The van der Waals surface area contributed by atoms with E-state index in [1.54, 1.807) is 18.3 Å². The summed E-state index contributed by atoms with van der Waals surface area (Å²) in [5.74, 6) is -0.408. The van der Waals surface area contributed by atoms with Crippen LogP contribution in [0, 0.1) is 6.92 Å². The normalized spacial score (nSPS) is 15.6. The zero-order valence-electron chi connectivity index (χ0n) is 22.5. The Balaban J connectivity index is 1.29. The second kappa shape index (κ2) is 11.3. The molecule has 4 aromatic rings. The van der Waals surface area contributed by atoms with Gasteiger partial charge in [0.25, 0.3) is 5.91 Å². The van der Waals surface area contributed by atoms with Gasteiger partial charge in [0, 0.05) is 63.0 Å². The molecule has 8 nitrogen and oxygen atoms in total. The standard InChI is InChI=1S/C30H37N7O/c1-21-10-14-32-18-23(21)19-37(25-7-9-28-29(17-25)35(3)20-34-28)24-11-15-36(16-12-24)22(2)6-8-27-26(30(31)38)5-4-13-33-27/h4-5,7,9-10,13-14,17-18,20,22,24H,6,8,11-12,15-16,19H2,1-3H3,(H2,31,38)/t22-/m1/s1. The molecule has 0 bridgehead atoms. The van der Waals surface area contributed by atoms with Crippen molar-refractivity contribution in [2.75, 3.05) is 18.0 Å². The Bertz CT molecular complexity index is 1410. The lowest BCUT2D eigenvalue weighted by Gasteiger charge is -2.42. The van der Waals surface area contributed by atoms with E-state index in [1.165, 1.54) is 16.8 Å². The van der Waals surface area contributed by atoms with Crippen LogP contribution in [0.5, 0.6) is 0 Å². The van der Waals surface area contributed by atoms with Gasteiger partial charge in [-0.3, -0.25) is 14.8 Å². The molecule has 1 aromatic carbocycles. The zero-order chi connectivity index (χ0) is 26.6. The Labute approximate surface area is 224 Å². The molecule has 1 fully saturated rings. The van der Waals surface area contributed by atoms with Crippen LogP contribution in [0.4, 0.5) is 5.69 Å². The number of aryl methyl sites for hydroxylation is 3. The van der Waals surface area contributed by atoms with E-state index in [1.807, 2.05) is 25.8 Å². The van der Waals surface area contributed by atoms with Gasteiger partial charge in [0.1, 0.15) is 0 Å². The molecule has 8 heteroatoms. The Morgan fingerprint density at radius 1 is 1.16 bits per heavy atom. The molecule has 1 saturated heterocycles. The summed E-state index contributed by atoms with van der Waals surface area (Å²) in [6.07, 6.45) is 11.3. The first-order valence-corrected chi connectivity index (χ1v) is 13.5. The summed E-state index contributed by atoms with van der Waals surface area (Å²) in [6, 6.07) is 13.1. The summed E-state index contributed by atoms with van der Waals surface area (Å²) in [5, 5.41) is 0. The second-order valence-corrected chi connectivity index (χ2v) is 10.5. The second-order valence-electron chi connectivity index (χ2n) is 10.5. The van der Waals surface area contributed by atoms with Crippen LogP contribution in [-0.4, -0.2) is 55.5 Å². The van der Waals surface area contributed by atoms with Gasteiger partial charge in [-0.2, -0.15) is 0 Å². The monoisotopic (exact) mass is 511 g/mol. The molecule has 0 unspecified atom stereocenters. The molecule has 5 rings (SSSR count). The third-order valence-electron chi connectivity index (χ3n) is 8.05. The van der Waals surface area contributed by atoms with Crippen LogP contribution < -0.4 is 10.6 Å². The van der Waals surface area contributed by atoms with Crippen molar-refractivity contribution in [3.63, 3.8) is 0 Å². The fourth-order valence-corrected chi connectivity index (χ4v) is 5.60. The Morgan fingerprint density at radius 2 is 1.97 bits per heavy atom. The molecular formula is C30H37N7O. The maximum atomic E-state index is 11.8. The van der Waals surface area contributed by atoms with Gasteiger partial charge in [-0.15, -0.1) is 0 Å². The van der Waals surface area contributed by atoms with Crippen LogP contribution in [0.2, 0.25) is 0 Å². The minimum absolute atomic E-state index is 0.401. The molecular weight excluding hydrogens is 474 g/mol. The Hall–Kier alpha value is -3.78. The summed E-state index contributed by atoms with van der Waals surface area (Å²) in [6.45, 7) is 7.34. The maximum Gasteiger partial charge on any atom is 0.250 e. The van der Waals surface area contributed by atoms with E-state index in [0.29, 0.717) is 17.6 Å². The average molecular weight is 512 g/mol. The number of primary amides is 1. The van der Waals surface area contributed by atoms with Crippen molar-refractivity contribution in [2.24, 2.45) is 12.8 Å². The minimum Gasteiger partial charge on any atom is -0.366 e. The summed E-state index contributed by atoms with van der Waals surface area (Å²) in [5.41, 5.74) is 12.8. The van der Waals surface area contributed by atoms with Gasteiger partial charge < -0.3 is 20.1 Å². The van der Waals surface area contributed by atoms with Crippen LogP contribution in [0.25, 0.3) is 11.0 Å². The minimum atomic E-state index is -0.408. The molecule has 1 amide bonds. The third-order valence-corrected chi connectivity index (χ3v) is 8.05. The summed E-state index contributed by atoms with van der Waals surface area (Å²) in [4.78, 5) is 30.2. The van der Waals surface area contributed by atoms with Crippen molar-refractivity contribution in [2.45, 2.75) is 58.2 Å². The van der Waals surface area contributed by atoms with Gasteiger partial charge in [-0.1, -0.05) is 0 Å². The summed E-state index contributed by atoms with van der Waals surface area (Å²) < 4.78 is 2.09. The van der Waals surface area contributed by atoms with Crippen molar-refractivity contribution in [1.82, 2.24) is 24.4 Å². The molecule has 38 heavy (non-hydrogen) atoms. The predicted octanol–water partition coefficient (Wildman–Crippen LogP) is 4.26. The maximum absolute atomic E-state index is 11.8. The number of nitrogens with zero attached hydrogens (tertiary/aromatic N) is 6. The molecule has 1 atom stereocenters. The molecule has 3 aromatic heterocycles. The average Bonchev–Trinajstić information content (AvgIpc) is 3.31. The van der Waals surface area contributed by atoms with Crippen LogP contribution in [0.3, 0.4) is 0 Å². The lowest BCUT2D eigenvalue weighted by atomic mass is 9.97. The van der Waals surface area contributed by atoms with Crippen LogP contribution in [0.15, 0.2) is 61.3 Å². The number of benzene rings is 1. The van der Waals surface area contributed by atoms with Crippen molar-refractivity contribution >= 4 is 22.6 Å². The lowest BCUT2D eigenvalue weighted by molar-refractivity contribution is 0.0998. The van der Waals surface area contributed by atoms with E-state index in [4.69, 9.17) is 5.73 Å². The number of fused-ring (bicyclic) bond motifs is 1. The van der Waals surface area contributed by atoms with Crippen LogP contribution in [0.1, 0.15) is 53.4 Å². The van der Waals surface area contributed by atoms with Crippen molar-refractivity contribution in [1.29, 1.82) is 0 Å². The highest BCUT2D eigenvalue weighted by atomic mass is 16.1. The third kappa shape index (κ3) is 5.55. The smallest absolute Gasteiger partial charge is 0.250 e. The van der Waals surface area contributed by atoms with Crippen molar-refractivity contribution in [3.05, 3.63) is 83.7 Å². The number of aromatic nitrogens is 4. The number of likely N-dealkylation sites (tertiary alicyclic amines) is 1. The molecule has 4 heterocycles. The molecule has 0 radical (unpaired) electrons. The molecule has 2 N–H and O–H groups in total. The fraction of sp³-hybridized carbons (Fsp3) is 0.400. The van der Waals surface area contributed by atoms with Crippen molar-refractivity contribution < 1.29 is 4.79 Å². The highest BCUT2D eigenvalue weighted by Gasteiger charge is 2.28. The van der Waals surface area contributed by atoms with E-state index in [0.717, 1.165) is 62.0 Å². The number of rotatable bonds is 9. The van der Waals surface area contributed by atoms with E-state index >= 15 is 0 Å². The molecule has 1 aliphatic rings. The first kappa shape index (κ1) is 25.9. The van der Waals surface area contributed by atoms with Gasteiger partial charge in [0.15, 0.2) is 0 Å². The lowest BCUT2D eigenvalue weighted by Crippen LogP contribution is -2.47. The number of hydrogen-bond donors (Lipinski definition) is 1. The molecule has 198 valence electrons. The number of carbonyl (C=O) groups excluding carboxylic acids is 1. The van der Waals surface area contributed by atoms with Crippen LogP contribution >= 0.6 is 0 Å². The Morgan fingerprint density at radius 3 is 2.74 bits per heavy atom. The summed E-state index contributed by atoms with van der Waals surface area (Å²) >= 11 is 0. The van der Waals surface area contributed by atoms with Gasteiger partial charge >= 0.3 is 0 Å². The topological polar surface area (TPSA) is 93.2 Å². The van der Waals surface area contributed by atoms with Gasteiger partial charge in [0.2, 0.25) is 0 Å². The highest BCUT2D eigenvalue weighted by molar-refractivity contribution is 5.93.